The summed E-state index contributed by atoms with van der Waals surface area (Å²) in [6.45, 7) is 4.40. The van der Waals surface area contributed by atoms with E-state index in [1.165, 1.54) is 6.07 Å². The average molecular weight is 714 g/mol. The monoisotopic (exact) mass is 714 g/mol. The first-order valence-corrected chi connectivity index (χ1v) is 17.8. The number of aryl methyl sites for hydroxylation is 3. The number of anilines is 6. The van der Waals surface area contributed by atoms with E-state index in [1.807, 2.05) is 86.3 Å². The minimum Gasteiger partial charge on any atom is -0.312 e. The zero-order chi connectivity index (χ0) is 36.0. The molecule has 4 aliphatic rings. The molecule has 4 heterocycles. The maximum atomic E-state index is 16.3. The van der Waals surface area contributed by atoms with Gasteiger partial charge in [0.25, 0.3) is 6.71 Å². The molecular formula is C41H26B2F6N2S. The van der Waals surface area contributed by atoms with Crippen molar-refractivity contribution in [1.82, 2.24) is 0 Å². The summed E-state index contributed by atoms with van der Waals surface area (Å²) in [5.41, 5.74) is 7.99. The Kier molecular flexibility index (Phi) is 6.42. The molecule has 10 rings (SSSR count). The fraction of sp³-hybridized carbons (Fsp3) is 0.122. The van der Waals surface area contributed by atoms with Crippen LogP contribution in [0.4, 0.5) is 60.5 Å². The summed E-state index contributed by atoms with van der Waals surface area (Å²) in [7, 11) is 0. The third-order valence-electron chi connectivity index (χ3n) is 11.0. The van der Waals surface area contributed by atoms with E-state index >= 15 is 13.2 Å². The van der Waals surface area contributed by atoms with Gasteiger partial charge in [-0.15, -0.1) is 0 Å². The van der Waals surface area contributed by atoms with E-state index in [1.54, 1.807) is 23.1 Å². The second-order valence-electron chi connectivity index (χ2n) is 14.1. The van der Waals surface area contributed by atoms with Crippen molar-refractivity contribution in [3.63, 3.8) is 0 Å². The third-order valence-corrected chi connectivity index (χ3v) is 12.2. The summed E-state index contributed by atoms with van der Waals surface area (Å²) < 4.78 is 92.1. The Hall–Kier alpha value is -5.02. The number of para-hydroxylation sites is 1. The van der Waals surface area contributed by atoms with Crippen LogP contribution < -0.4 is 42.6 Å². The molecule has 6 aromatic carbocycles. The quantitative estimate of drug-likeness (QED) is 0.126. The highest BCUT2D eigenvalue weighted by Crippen LogP contribution is 2.54. The summed E-state index contributed by atoms with van der Waals surface area (Å²) in [6.07, 6.45) is -9.47. The number of hydrogen-bond acceptors (Lipinski definition) is 3. The Morgan fingerprint density at radius 2 is 1.08 bits per heavy atom. The van der Waals surface area contributed by atoms with Crippen molar-refractivity contribution in [3.8, 4) is 0 Å². The predicted molar refractivity (Wildman–Crippen MR) is 200 cm³/mol. The number of rotatable bonds is 1. The first kappa shape index (κ1) is 31.7. The lowest BCUT2D eigenvalue weighted by atomic mass is 9.29. The van der Waals surface area contributed by atoms with Gasteiger partial charge in [-0.25, -0.2) is 0 Å². The molecule has 0 bridgehead atoms. The van der Waals surface area contributed by atoms with Crippen molar-refractivity contribution in [2.45, 2.75) is 42.9 Å². The van der Waals surface area contributed by atoms with Crippen LogP contribution >= 0.6 is 11.8 Å². The molecule has 0 aliphatic carbocycles. The number of nitrogens with zero attached hydrogens (tertiary/aromatic N) is 2. The van der Waals surface area contributed by atoms with E-state index in [4.69, 9.17) is 0 Å². The second-order valence-corrected chi connectivity index (χ2v) is 15.1. The minimum absolute atomic E-state index is 0.0291. The molecule has 2 nitrogen and oxygen atoms in total. The predicted octanol–water partition coefficient (Wildman–Crippen LogP) is 8.03. The number of halogens is 6. The van der Waals surface area contributed by atoms with Crippen LogP contribution in [0.3, 0.4) is 0 Å². The fourth-order valence-corrected chi connectivity index (χ4v) is 10.3. The van der Waals surface area contributed by atoms with E-state index in [-0.39, 0.29) is 10.6 Å². The van der Waals surface area contributed by atoms with E-state index in [0.29, 0.717) is 49.5 Å². The summed E-state index contributed by atoms with van der Waals surface area (Å²) in [5, 5.41) is 0. The molecule has 0 aromatic heterocycles. The smallest absolute Gasteiger partial charge is 0.312 e. The Balaban J connectivity index is 1.45. The Bertz CT molecular complexity index is 2560. The Labute approximate surface area is 301 Å². The average Bonchev–Trinajstić information content (AvgIpc) is 3.10. The van der Waals surface area contributed by atoms with Crippen molar-refractivity contribution in [1.29, 1.82) is 0 Å². The molecule has 0 unspecified atom stereocenters. The van der Waals surface area contributed by atoms with E-state index in [9.17, 15) is 13.2 Å². The van der Waals surface area contributed by atoms with Gasteiger partial charge in [0, 0.05) is 38.2 Å². The van der Waals surface area contributed by atoms with Crippen molar-refractivity contribution in [3.05, 3.63) is 131 Å². The van der Waals surface area contributed by atoms with Gasteiger partial charge in [-0.2, -0.15) is 26.3 Å². The molecule has 52 heavy (non-hydrogen) atoms. The van der Waals surface area contributed by atoms with Gasteiger partial charge in [0.05, 0.1) is 16.8 Å². The molecule has 0 atom stereocenters. The van der Waals surface area contributed by atoms with E-state index in [2.05, 4.69) is 6.07 Å². The maximum Gasteiger partial charge on any atom is 0.419 e. The fourth-order valence-electron chi connectivity index (χ4n) is 8.94. The molecule has 4 aliphatic heterocycles. The summed E-state index contributed by atoms with van der Waals surface area (Å²) in [5.74, 6) is 0. The largest absolute Gasteiger partial charge is 0.419 e. The normalized spacial score (nSPS) is 14.8. The molecule has 0 N–H and O–H groups in total. The summed E-state index contributed by atoms with van der Waals surface area (Å²) in [4.78, 5) is 4.35. The van der Waals surface area contributed by atoms with Crippen molar-refractivity contribution >= 4 is 92.1 Å². The molecule has 254 valence electrons. The van der Waals surface area contributed by atoms with Crippen LogP contribution in [0.25, 0.3) is 0 Å². The van der Waals surface area contributed by atoms with E-state index < -0.39 is 36.9 Å². The zero-order valence-electron chi connectivity index (χ0n) is 28.0. The molecule has 6 aromatic rings. The molecule has 0 radical (unpaired) electrons. The molecule has 0 saturated heterocycles. The highest BCUT2D eigenvalue weighted by Gasteiger charge is 2.55. The summed E-state index contributed by atoms with van der Waals surface area (Å²) >= 11 is 1.06. The van der Waals surface area contributed by atoms with Gasteiger partial charge < -0.3 is 9.80 Å². The van der Waals surface area contributed by atoms with Crippen molar-refractivity contribution in [2.75, 3.05) is 9.80 Å². The molecule has 0 fully saturated rings. The standard InChI is InChI=1S/C41H26B2F6N2S/c1-21-12-15-30-26(18-21)43-27-19-22(2)13-16-31(27)51-32-17-14-24(40(44,45)46)20-28(32)42-25-9-5-7-11-33(25)52-39-34(41(47,48)49)37(35(43)38(51)36(39)42)50(30)29-10-6-4-8-23(29)3/h4-20H,1-3H3. The SMILES string of the molecule is Cc1ccc2c(c1)B1c3cc(C)ccc3N(c3ccccc3C)c3c1c1c4c(c3C(F)(F)F)Sc3ccccc3B4c3cc(C(F)(F)F)ccc3N21. The van der Waals surface area contributed by atoms with Crippen molar-refractivity contribution < 1.29 is 26.3 Å². The first-order chi connectivity index (χ1) is 24.8. The molecule has 0 amide bonds. The van der Waals surface area contributed by atoms with Gasteiger partial charge in [-0.05, 0) is 90.0 Å². The first-order valence-electron chi connectivity index (χ1n) is 17.0. The Morgan fingerprint density at radius 1 is 0.519 bits per heavy atom. The van der Waals surface area contributed by atoms with Crippen molar-refractivity contribution in [2.24, 2.45) is 0 Å². The van der Waals surface area contributed by atoms with Gasteiger partial charge in [-0.1, -0.05) is 95.1 Å². The minimum atomic E-state index is -4.82. The lowest BCUT2D eigenvalue weighted by Crippen LogP contribution is -2.68. The van der Waals surface area contributed by atoms with Crippen LogP contribution in [0.1, 0.15) is 27.8 Å². The topological polar surface area (TPSA) is 6.48 Å². The van der Waals surface area contributed by atoms with Crippen LogP contribution in [-0.2, 0) is 12.4 Å². The molecule has 0 spiro atoms. The van der Waals surface area contributed by atoms with Crippen LogP contribution in [0, 0.1) is 20.8 Å². The van der Waals surface area contributed by atoms with Gasteiger partial charge in [-0.3, -0.25) is 0 Å². The third kappa shape index (κ3) is 4.20. The number of fused-ring (bicyclic) bond motifs is 10. The van der Waals surface area contributed by atoms with Crippen LogP contribution in [-0.4, -0.2) is 13.4 Å². The van der Waals surface area contributed by atoms with Gasteiger partial charge >= 0.3 is 12.4 Å². The molecular weight excluding hydrogens is 688 g/mol. The highest BCUT2D eigenvalue weighted by atomic mass is 32.2. The number of alkyl halides is 6. The molecule has 0 saturated carbocycles. The summed E-state index contributed by atoms with van der Waals surface area (Å²) in [6, 6.07) is 30.3. The molecule has 11 heteroatoms. The van der Waals surface area contributed by atoms with Gasteiger partial charge in [0.15, 0.2) is 0 Å². The lowest BCUT2D eigenvalue weighted by Gasteiger charge is -2.50. The number of benzene rings is 6. The highest BCUT2D eigenvalue weighted by molar-refractivity contribution is 8.00. The lowest BCUT2D eigenvalue weighted by molar-refractivity contribution is -0.139. The second kappa shape index (κ2) is 10.5. The van der Waals surface area contributed by atoms with Crippen LogP contribution in [0.2, 0.25) is 0 Å². The number of hydrogen-bond donors (Lipinski definition) is 0. The van der Waals surface area contributed by atoms with Gasteiger partial charge in [0.1, 0.15) is 0 Å². The van der Waals surface area contributed by atoms with E-state index in [0.717, 1.165) is 57.2 Å². The zero-order valence-corrected chi connectivity index (χ0v) is 28.9. The van der Waals surface area contributed by atoms with Gasteiger partial charge in [0.2, 0.25) is 6.71 Å². The maximum absolute atomic E-state index is 16.3. The van der Waals surface area contributed by atoms with Crippen LogP contribution in [0.15, 0.2) is 113 Å². The Morgan fingerprint density at radius 3 is 1.71 bits per heavy atom. The van der Waals surface area contributed by atoms with Crippen LogP contribution in [0.5, 0.6) is 0 Å².